The van der Waals surface area contributed by atoms with Crippen LogP contribution in [-0.4, -0.2) is 4.43 Å². The summed E-state index contributed by atoms with van der Waals surface area (Å²) in [4.78, 5) is 0. The maximum absolute atomic E-state index is 2.57. The zero-order chi connectivity index (χ0) is 24.1. The summed E-state index contributed by atoms with van der Waals surface area (Å²) in [6.45, 7) is 4.62. The van der Waals surface area contributed by atoms with Crippen molar-refractivity contribution in [3.8, 4) is 0 Å². The van der Waals surface area contributed by atoms with Crippen molar-refractivity contribution in [1.29, 1.82) is 0 Å². The standard InChI is InChI=1S/C32H65I.CH4/c1-3-5-7-9-11-13-15-17-19-21-23-25-28-32(30-27-31-33)29-26-24-22-20-18-16-14-12-10-8-6-4-2;/h32H,3-31H2,1-2H3;1H4. The largest absolute Gasteiger partial charge is 0.0864 e. The molecule has 0 rings (SSSR count). The van der Waals surface area contributed by atoms with Gasteiger partial charge in [0.2, 0.25) is 0 Å². The van der Waals surface area contributed by atoms with Crippen molar-refractivity contribution in [3.63, 3.8) is 0 Å². The van der Waals surface area contributed by atoms with E-state index in [0.717, 1.165) is 5.92 Å². The lowest BCUT2D eigenvalue weighted by molar-refractivity contribution is 0.378. The van der Waals surface area contributed by atoms with E-state index in [1.165, 1.54) is 184 Å². The minimum Gasteiger partial charge on any atom is -0.0864 e. The number of halogens is 1. The van der Waals surface area contributed by atoms with Crippen LogP contribution in [0, 0.1) is 5.92 Å². The van der Waals surface area contributed by atoms with Crippen LogP contribution in [0.1, 0.15) is 201 Å². The van der Waals surface area contributed by atoms with E-state index in [4.69, 9.17) is 0 Å². The fraction of sp³-hybridized carbons (Fsp3) is 1.00. The smallest absolute Gasteiger partial charge is 0.000463 e. The van der Waals surface area contributed by atoms with Crippen molar-refractivity contribution in [2.75, 3.05) is 4.43 Å². The first kappa shape index (κ1) is 36.9. The van der Waals surface area contributed by atoms with Crippen LogP contribution in [0.4, 0.5) is 0 Å². The van der Waals surface area contributed by atoms with Gasteiger partial charge in [0, 0.05) is 0 Å². The molecule has 0 nitrogen and oxygen atoms in total. The zero-order valence-corrected chi connectivity index (χ0v) is 25.6. The molecule has 0 radical (unpaired) electrons. The molecule has 0 saturated heterocycles. The highest BCUT2D eigenvalue weighted by molar-refractivity contribution is 14.1. The van der Waals surface area contributed by atoms with Crippen LogP contribution in [-0.2, 0) is 0 Å². The normalized spacial score (nSPS) is 11.3. The Morgan fingerprint density at radius 2 is 0.588 bits per heavy atom. The van der Waals surface area contributed by atoms with E-state index in [1.54, 1.807) is 0 Å². The lowest BCUT2D eigenvalue weighted by Gasteiger charge is -2.16. The molecular formula is C33H69I. The summed E-state index contributed by atoms with van der Waals surface area (Å²) in [5.74, 6) is 1.03. The molecule has 0 N–H and O–H groups in total. The molecule has 0 amide bonds. The van der Waals surface area contributed by atoms with E-state index in [1.807, 2.05) is 0 Å². The van der Waals surface area contributed by atoms with Gasteiger partial charge in [-0.25, -0.2) is 0 Å². The van der Waals surface area contributed by atoms with Gasteiger partial charge in [0.25, 0.3) is 0 Å². The summed E-state index contributed by atoms with van der Waals surface area (Å²) in [6, 6.07) is 0. The maximum atomic E-state index is 2.57. The molecule has 0 aromatic carbocycles. The molecule has 208 valence electrons. The lowest BCUT2D eigenvalue weighted by Crippen LogP contribution is -2.02. The van der Waals surface area contributed by atoms with Gasteiger partial charge in [-0.05, 0) is 23.2 Å². The van der Waals surface area contributed by atoms with Crippen LogP contribution < -0.4 is 0 Å². The second-order valence-electron chi connectivity index (χ2n) is 11.1. The molecule has 0 atom stereocenters. The van der Waals surface area contributed by atoms with Gasteiger partial charge >= 0.3 is 0 Å². The predicted octanol–water partition coefficient (Wildman–Crippen LogP) is 13.6. The minimum absolute atomic E-state index is 0. The number of unbranched alkanes of at least 4 members (excludes halogenated alkanes) is 22. The Morgan fingerprint density at radius 3 is 0.853 bits per heavy atom. The molecule has 0 aromatic heterocycles. The predicted molar refractivity (Wildman–Crippen MR) is 170 cm³/mol. The summed E-state index contributed by atoms with van der Waals surface area (Å²) < 4.78 is 1.35. The summed E-state index contributed by atoms with van der Waals surface area (Å²) in [7, 11) is 0. The Hall–Kier alpha value is 0.730. The third-order valence-electron chi connectivity index (χ3n) is 7.68. The number of hydrogen-bond donors (Lipinski definition) is 0. The average molecular weight is 593 g/mol. The fourth-order valence-corrected chi connectivity index (χ4v) is 5.79. The molecule has 0 heterocycles. The third-order valence-corrected chi connectivity index (χ3v) is 8.44. The van der Waals surface area contributed by atoms with Crippen molar-refractivity contribution >= 4 is 22.6 Å². The zero-order valence-electron chi connectivity index (χ0n) is 23.5. The monoisotopic (exact) mass is 592 g/mol. The fourth-order valence-electron chi connectivity index (χ4n) is 5.35. The molecule has 0 fully saturated rings. The van der Waals surface area contributed by atoms with Crippen molar-refractivity contribution in [2.45, 2.75) is 201 Å². The number of hydrogen-bond acceptors (Lipinski definition) is 0. The van der Waals surface area contributed by atoms with Crippen LogP contribution in [0.15, 0.2) is 0 Å². The molecule has 0 bridgehead atoms. The molecule has 0 aliphatic carbocycles. The van der Waals surface area contributed by atoms with Crippen LogP contribution in [0.5, 0.6) is 0 Å². The highest BCUT2D eigenvalue weighted by Gasteiger charge is 2.08. The van der Waals surface area contributed by atoms with Gasteiger partial charge in [-0.2, -0.15) is 0 Å². The molecule has 0 spiro atoms. The Bertz CT molecular complexity index is 299. The first-order valence-electron chi connectivity index (χ1n) is 15.9. The number of rotatable bonds is 29. The topological polar surface area (TPSA) is 0 Å². The van der Waals surface area contributed by atoms with Crippen molar-refractivity contribution in [2.24, 2.45) is 5.92 Å². The van der Waals surface area contributed by atoms with Gasteiger partial charge in [0.15, 0.2) is 0 Å². The first-order valence-corrected chi connectivity index (χ1v) is 17.4. The van der Waals surface area contributed by atoms with Crippen LogP contribution in [0.25, 0.3) is 0 Å². The Morgan fingerprint density at radius 1 is 0.353 bits per heavy atom. The van der Waals surface area contributed by atoms with Crippen LogP contribution in [0.3, 0.4) is 0 Å². The summed E-state index contributed by atoms with van der Waals surface area (Å²) in [6.07, 6.45) is 41.4. The average Bonchev–Trinajstić information content (AvgIpc) is 2.83. The molecule has 0 aliphatic heterocycles. The molecule has 0 saturated carbocycles. The van der Waals surface area contributed by atoms with E-state index in [9.17, 15) is 0 Å². The summed E-state index contributed by atoms with van der Waals surface area (Å²) in [5.41, 5.74) is 0. The molecule has 34 heavy (non-hydrogen) atoms. The van der Waals surface area contributed by atoms with Gasteiger partial charge in [-0.3, -0.25) is 0 Å². The minimum atomic E-state index is 0. The van der Waals surface area contributed by atoms with E-state index in [2.05, 4.69) is 36.4 Å². The van der Waals surface area contributed by atoms with Crippen molar-refractivity contribution < 1.29 is 0 Å². The molecule has 1 heteroatoms. The quantitative estimate of drug-likeness (QED) is 0.0460. The van der Waals surface area contributed by atoms with E-state index in [-0.39, 0.29) is 7.43 Å². The van der Waals surface area contributed by atoms with Crippen LogP contribution in [0.2, 0.25) is 0 Å². The van der Waals surface area contributed by atoms with Gasteiger partial charge in [-0.1, -0.05) is 211 Å². The number of alkyl halides is 1. The summed E-state index contributed by atoms with van der Waals surface area (Å²) in [5, 5.41) is 0. The second kappa shape index (κ2) is 33.7. The molecule has 0 aliphatic rings. The van der Waals surface area contributed by atoms with Crippen molar-refractivity contribution in [1.82, 2.24) is 0 Å². The second-order valence-corrected chi connectivity index (χ2v) is 12.1. The maximum Gasteiger partial charge on any atom is -0.000463 e. The van der Waals surface area contributed by atoms with Gasteiger partial charge < -0.3 is 0 Å². The first-order chi connectivity index (χ1) is 16.3. The van der Waals surface area contributed by atoms with Crippen LogP contribution >= 0.6 is 22.6 Å². The molecular weight excluding hydrogens is 523 g/mol. The molecule has 0 unspecified atom stereocenters. The SMILES string of the molecule is C.CCCCCCCCCCCCCCC(CCCI)CCCCCCCCCCCCCC. The molecule has 0 aromatic rings. The van der Waals surface area contributed by atoms with Gasteiger partial charge in [-0.15, -0.1) is 0 Å². The van der Waals surface area contributed by atoms with E-state index < -0.39 is 0 Å². The highest BCUT2D eigenvalue weighted by Crippen LogP contribution is 2.24. The van der Waals surface area contributed by atoms with Crippen molar-refractivity contribution in [3.05, 3.63) is 0 Å². The van der Waals surface area contributed by atoms with Gasteiger partial charge in [0.1, 0.15) is 0 Å². The van der Waals surface area contributed by atoms with Gasteiger partial charge in [0.05, 0.1) is 0 Å². The van der Waals surface area contributed by atoms with E-state index in [0.29, 0.717) is 0 Å². The third kappa shape index (κ3) is 30.8. The lowest BCUT2D eigenvalue weighted by atomic mass is 9.90. The summed E-state index contributed by atoms with van der Waals surface area (Å²) >= 11 is 2.57. The highest BCUT2D eigenvalue weighted by atomic mass is 127. The Kier molecular flexibility index (Phi) is 36.6. The Labute approximate surface area is 233 Å². The van der Waals surface area contributed by atoms with E-state index >= 15 is 0 Å². The Balaban J connectivity index is 0.